The Bertz CT molecular complexity index is 1440. The van der Waals surface area contributed by atoms with Crippen LogP contribution in [0, 0.1) is 5.92 Å². The lowest BCUT2D eigenvalue weighted by Crippen LogP contribution is -2.53. The topological polar surface area (TPSA) is 93.6 Å². The van der Waals surface area contributed by atoms with Crippen LogP contribution in [-0.2, 0) is 15.8 Å². The second-order valence-corrected chi connectivity index (χ2v) is 13.7. The number of rotatable bonds is 8. The molecule has 3 heterocycles. The number of carboxylic acid groups (broad SMARTS) is 1. The summed E-state index contributed by atoms with van der Waals surface area (Å²) in [5, 5.41) is 19.9. The molecule has 12 heteroatoms. The van der Waals surface area contributed by atoms with E-state index in [0.29, 0.717) is 42.0 Å². The monoisotopic (exact) mass is 661 g/mol. The van der Waals surface area contributed by atoms with Crippen molar-refractivity contribution in [2.45, 2.75) is 80.7 Å². The van der Waals surface area contributed by atoms with Gasteiger partial charge in [-0.2, -0.15) is 13.2 Å². The van der Waals surface area contributed by atoms with Crippen molar-refractivity contribution in [3.8, 4) is 5.75 Å². The number of aliphatic carboxylic acids is 1. The number of alkyl halides is 4. The number of nitrogens with zero attached hydrogens (tertiary/aromatic N) is 3. The number of likely N-dealkylation sites (tertiary alicyclic amines) is 2. The molecule has 0 spiro atoms. The number of carbonyl (C=O) groups excluding carboxylic acids is 1. The van der Waals surface area contributed by atoms with Crippen molar-refractivity contribution in [1.29, 1.82) is 0 Å². The van der Waals surface area contributed by atoms with Gasteiger partial charge in [0, 0.05) is 56.3 Å². The molecule has 8 nitrogen and oxygen atoms in total. The third kappa shape index (κ3) is 6.55. The number of anilines is 1. The summed E-state index contributed by atoms with van der Waals surface area (Å²) in [7, 11) is 1.55. The Hall–Kier alpha value is -3.38. The van der Waals surface area contributed by atoms with Gasteiger partial charge in [0.15, 0.2) is 0 Å². The first-order chi connectivity index (χ1) is 22.4. The Balaban J connectivity index is 1.30. The lowest BCUT2D eigenvalue weighted by Gasteiger charge is -2.35. The summed E-state index contributed by atoms with van der Waals surface area (Å²) in [6.45, 7) is 0.527. The highest BCUT2D eigenvalue weighted by atomic mass is 19.4. The number of aliphatic hydroxyl groups is 1. The molecule has 1 aliphatic carbocycles. The van der Waals surface area contributed by atoms with Gasteiger partial charge in [0.1, 0.15) is 5.75 Å². The molecule has 1 amide bonds. The summed E-state index contributed by atoms with van der Waals surface area (Å²) in [5.74, 6) is -2.74. The molecule has 0 bridgehead atoms. The maximum atomic E-state index is 17.6. The number of benzene rings is 2. The van der Waals surface area contributed by atoms with Crippen LogP contribution in [0.15, 0.2) is 42.5 Å². The van der Waals surface area contributed by atoms with Crippen LogP contribution in [0.2, 0.25) is 0 Å². The minimum absolute atomic E-state index is 0.0540. The largest absolute Gasteiger partial charge is 0.497 e. The van der Waals surface area contributed by atoms with Crippen LogP contribution in [0.5, 0.6) is 5.75 Å². The summed E-state index contributed by atoms with van der Waals surface area (Å²) < 4.78 is 64.4. The quantitative estimate of drug-likeness (QED) is 0.364. The molecule has 3 saturated heterocycles. The third-order valence-electron chi connectivity index (χ3n) is 11.0. The number of amides is 1. The molecule has 2 N–H and O–H groups in total. The normalized spacial score (nSPS) is 27.9. The van der Waals surface area contributed by atoms with E-state index in [4.69, 9.17) is 4.74 Å². The van der Waals surface area contributed by atoms with Crippen molar-refractivity contribution in [1.82, 2.24) is 9.80 Å². The highest BCUT2D eigenvalue weighted by Crippen LogP contribution is 2.47. The van der Waals surface area contributed by atoms with Gasteiger partial charge < -0.3 is 24.7 Å². The molecule has 256 valence electrons. The number of hydrogen-bond acceptors (Lipinski definition) is 6. The Morgan fingerprint density at radius 3 is 2.28 bits per heavy atom. The zero-order chi connectivity index (χ0) is 33.5. The fourth-order valence-corrected chi connectivity index (χ4v) is 8.33. The van der Waals surface area contributed by atoms with Gasteiger partial charge in [-0.3, -0.25) is 14.5 Å². The van der Waals surface area contributed by atoms with Crippen LogP contribution in [-0.4, -0.2) is 96.1 Å². The molecule has 2 aromatic rings. The summed E-state index contributed by atoms with van der Waals surface area (Å²) in [6, 6.07) is 10.1. The van der Waals surface area contributed by atoms with E-state index in [9.17, 15) is 33.0 Å². The molecule has 3 aliphatic heterocycles. The predicted octanol–water partition coefficient (Wildman–Crippen LogP) is 5.44. The van der Waals surface area contributed by atoms with Crippen molar-refractivity contribution in [3.63, 3.8) is 0 Å². The van der Waals surface area contributed by atoms with Gasteiger partial charge in [0.05, 0.1) is 31.2 Å². The van der Waals surface area contributed by atoms with Crippen LogP contribution >= 0.6 is 0 Å². The maximum absolute atomic E-state index is 17.6. The SMILES string of the molecule is COc1ccc([C@@H]2CN(C3CCCC3)C[C@@]2(F)C(=O)N2C[C@H](c3ccc(C(F)(F)F)cc3N3CCC(C(=O)O)CC3)C[C@H]2CO)cc1. The third-order valence-corrected chi connectivity index (χ3v) is 11.0. The molecular weight excluding hydrogens is 618 g/mol. The van der Waals surface area contributed by atoms with Gasteiger partial charge in [-0.05, 0) is 67.5 Å². The zero-order valence-electron chi connectivity index (χ0n) is 26.6. The Morgan fingerprint density at radius 2 is 1.68 bits per heavy atom. The second kappa shape index (κ2) is 13.3. The van der Waals surface area contributed by atoms with E-state index in [1.54, 1.807) is 36.3 Å². The van der Waals surface area contributed by atoms with Crippen molar-refractivity contribution < 1.29 is 42.1 Å². The van der Waals surface area contributed by atoms with Crippen LogP contribution < -0.4 is 9.64 Å². The first-order valence-electron chi connectivity index (χ1n) is 16.6. The minimum atomic E-state index is -4.58. The van der Waals surface area contributed by atoms with Gasteiger partial charge >= 0.3 is 12.1 Å². The Morgan fingerprint density at radius 1 is 1.00 bits per heavy atom. The van der Waals surface area contributed by atoms with E-state index in [0.717, 1.165) is 37.8 Å². The van der Waals surface area contributed by atoms with Gasteiger partial charge in [-0.25, -0.2) is 4.39 Å². The fourth-order valence-electron chi connectivity index (χ4n) is 8.33. The highest BCUT2D eigenvalue weighted by Gasteiger charge is 2.58. The minimum Gasteiger partial charge on any atom is -0.497 e. The molecule has 0 unspecified atom stereocenters. The van der Waals surface area contributed by atoms with Gasteiger partial charge in [0.25, 0.3) is 5.91 Å². The number of methoxy groups -OCH3 is 1. The lowest BCUT2D eigenvalue weighted by atomic mass is 9.85. The van der Waals surface area contributed by atoms with E-state index in [-0.39, 0.29) is 38.6 Å². The molecular formula is C35H43F4N3O5. The number of ether oxygens (including phenoxy) is 1. The van der Waals surface area contributed by atoms with Crippen LogP contribution in [0.3, 0.4) is 0 Å². The van der Waals surface area contributed by atoms with E-state index in [1.165, 1.54) is 11.0 Å². The van der Waals surface area contributed by atoms with E-state index in [1.807, 2.05) is 0 Å². The van der Waals surface area contributed by atoms with Crippen molar-refractivity contribution >= 4 is 17.6 Å². The van der Waals surface area contributed by atoms with Gasteiger partial charge in [0.2, 0.25) is 5.67 Å². The number of carbonyl (C=O) groups is 2. The Labute approximate surface area is 272 Å². The predicted molar refractivity (Wildman–Crippen MR) is 167 cm³/mol. The molecule has 4 atom stereocenters. The summed E-state index contributed by atoms with van der Waals surface area (Å²) in [6.07, 6.45) is 0.305. The average molecular weight is 662 g/mol. The van der Waals surface area contributed by atoms with Crippen molar-refractivity contribution in [2.24, 2.45) is 5.92 Å². The molecule has 1 saturated carbocycles. The zero-order valence-corrected chi connectivity index (χ0v) is 26.6. The first kappa shape index (κ1) is 33.5. The number of aliphatic hydroxyl groups excluding tert-OH is 1. The first-order valence-corrected chi connectivity index (χ1v) is 16.6. The molecule has 0 aromatic heterocycles. The molecule has 47 heavy (non-hydrogen) atoms. The summed E-state index contributed by atoms with van der Waals surface area (Å²) in [5.41, 5.74) is -1.46. The number of hydrogen-bond donors (Lipinski definition) is 2. The van der Waals surface area contributed by atoms with Crippen LogP contribution in [0.1, 0.15) is 73.5 Å². The fraction of sp³-hybridized carbons (Fsp3) is 0.600. The number of carboxylic acids is 1. The standard InChI is InChI=1S/C35H43F4N3O5/c1-47-28-9-6-22(7-10-28)30-19-41(26-4-2-3-5-26)21-34(30,36)33(46)42-18-24(16-27(42)20-43)29-11-8-25(35(37,38)39)17-31(29)40-14-12-23(13-15-40)32(44)45/h6-11,17,23-24,26-27,30,43H,2-5,12-16,18-21H2,1H3,(H,44,45)/t24-,27+,30+,34+/m1/s1. The average Bonchev–Trinajstić information content (AvgIpc) is 3.83. The van der Waals surface area contributed by atoms with Crippen molar-refractivity contribution in [2.75, 3.05) is 51.3 Å². The lowest BCUT2D eigenvalue weighted by molar-refractivity contribution is -0.146. The molecule has 4 fully saturated rings. The van der Waals surface area contributed by atoms with Gasteiger partial charge in [-0.1, -0.05) is 31.0 Å². The van der Waals surface area contributed by atoms with E-state index >= 15 is 4.39 Å². The Kier molecular flexibility index (Phi) is 9.46. The maximum Gasteiger partial charge on any atom is 0.416 e. The smallest absolute Gasteiger partial charge is 0.416 e. The van der Waals surface area contributed by atoms with Crippen LogP contribution in [0.25, 0.3) is 0 Å². The summed E-state index contributed by atoms with van der Waals surface area (Å²) >= 11 is 0. The number of halogens is 4. The molecule has 4 aliphatic rings. The molecule has 2 aromatic carbocycles. The number of piperidine rings is 1. The molecule has 0 radical (unpaired) electrons. The molecule has 6 rings (SSSR count). The van der Waals surface area contributed by atoms with E-state index in [2.05, 4.69) is 4.90 Å². The van der Waals surface area contributed by atoms with Crippen molar-refractivity contribution in [3.05, 3.63) is 59.2 Å². The second-order valence-electron chi connectivity index (χ2n) is 13.7. The van der Waals surface area contributed by atoms with Gasteiger partial charge in [-0.15, -0.1) is 0 Å². The van der Waals surface area contributed by atoms with Crippen LogP contribution in [0.4, 0.5) is 23.2 Å². The van der Waals surface area contributed by atoms with E-state index < -0.39 is 59.7 Å². The highest BCUT2D eigenvalue weighted by molar-refractivity contribution is 5.88. The summed E-state index contributed by atoms with van der Waals surface area (Å²) in [4.78, 5) is 31.3.